The molecule has 0 aliphatic rings. The molecule has 0 unspecified atom stereocenters. The minimum atomic E-state index is -0.405. The van der Waals surface area contributed by atoms with Gasteiger partial charge in [-0.25, -0.2) is 15.0 Å². The summed E-state index contributed by atoms with van der Waals surface area (Å²) < 4.78 is 15.0. The van der Waals surface area contributed by atoms with Crippen molar-refractivity contribution in [1.82, 2.24) is 29.1 Å². The normalized spacial score (nSPS) is 11.5. The number of nitrogens with zero attached hydrogens (tertiary/aromatic N) is 7. The summed E-state index contributed by atoms with van der Waals surface area (Å²) in [6, 6.07) is 18.3. The highest BCUT2D eigenvalue weighted by molar-refractivity contribution is 7.98. The van der Waals surface area contributed by atoms with Crippen molar-refractivity contribution in [1.29, 1.82) is 0 Å². The number of hydrogen-bond donors (Lipinski definition) is 0. The number of thioether (sulfide) groups is 1. The van der Waals surface area contributed by atoms with Gasteiger partial charge in [-0.1, -0.05) is 36.0 Å². The molecule has 0 aliphatic carbocycles. The van der Waals surface area contributed by atoms with Crippen LogP contribution in [0.1, 0.15) is 17.2 Å². The third-order valence-corrected chi connectivity index (χ3v) is 7.71. The Hall–Kier alpha value is -4.71. The third-order valence-electron chi connectivity index (χ3n) is 6.71. The second kappa shape index (κ2) is 10.5. The zero-order valence-electron chi connectivity index (χ0n) is 22.1. The van der Waals surface area contributed by atoms with E-state index < -0.39 is 4.92 Å². The van der Waals surface area contributed by atoms with Gasteiger partial charge < -0.3 is 14.0 Å². The van der Waals surface area contributed by atoms with Crippen LogP contribution in [0.15, 0.2) is 65.8 Å². The summed E-state index contributed by atoms with van der Waals surface area (Å²) in [5.74, 6) is 3.32. The van der Waals surface area contributed by atoms with Gasteiger partial charge in [0.1, 0.15) is 5.82 Å². The lowest BCUT2D eigenvalue weighted by atomic mass is 10.2. The number of nitro groups is 1. The van der Waals surface area contributed by atoms with Gasteiger partial charge in [0.15, 0.2) is 28.1 Å². The van der Waals surface area contributed by atoms with E-state index in [2.05, 4.69) is 15.6 Å². The van der Waals surface area contributed by atoms with Crippen molar-refractivity contribution in [3.8, 4) is 11.5 Å². The number of para-hydroxylation sites is 2. The standard InChI is InChI=1S/C28H25N7O4S/c1-17-29-21-6-4-5-7-23(21)33(17)13-12-26-31-27-20-14-24(38-2)25(39-3)15-22(20)30-28(34(27)32-26)40-16-18-8-10-19(11-9-18)35(36)37/h4-11,14-15H,12-13,16H2,1-3H3. The van der Waals surface area contributed by atoms with Crippen LogP contribution in [0.3, 0.4) is 0 Å². The van der Waals surface area contributed by atoms with Crippen LogP contribution in [-0.2, 0) is 18.7 Å². The molecule has 3 heterocycles. The average molecular weight is 556 g/mol. The Morgan fingerprint density at radius 1 is 0.950 bits per heavy atom. The van der Waals surface area contributed by atoms with Crippen molar-refractivity contribution < 1.29 is 14.4 Å². The number of hydrogen-bond acceptors (Lipinski definition) is 9. The highest BCUT2D eigenvalue weighted by Crippen LogP contribution is 2.35. The molecule has 3 aromatic heterocycles. The molecule has 3 aromatic carbocycles. The predicted molar refractivity (Wildman–Crippen MR) is 152 cm³/mol. The molecule has 6 rings (SSSR count). The summed E-state index contributed by atoms with van der Waals surface area (Å²) in [7, 11) is 3.18. The number of rotatable bonds is 9. The second-order valence-corrected chi connectivity index (χ2v) is 10.1. The molecule has 0 radical (unpaired) electrons. The van der Waals surface area contributed by atoms with Crippen molar-refractivity contribution in [2.24, 2.45) is 0 Å². The molecule has 0 fully saturated rings. The maximum absolute atomic E-state index is 11.0. The third kappa shape index (κ3) is 4.66. The summed E-state index contributed by atoms with van der Waals surface area (Å²) in [5.41, 5.74) is 4.39. The van der Waals surface area contributed by atoms with Crippen molar-refractivity contribution in [3.05, 3.63) is 88.0 Å². The van der Waals surface area contributed by atoms with Crippen LogP contribution in [0.2, 0.25) is 0 Å². The van der Waals surface area contributed by atoms with Gasteiger partial charge in [-0.3, -0.25) is 10.1 Å². The smallest absolute Gasteiger partial charge is 0.269 e. The predicted octanol–water partition coefficient (Wildman–Crippen LogP) is 5.40. The summed E-state index contributed by atoms with van der Waals surface area (Å²) in [4.78, 5) is 25.1. The number of benzene rings is 3. The van der Waals surface area contributed by atoms with E-state index in [-0.39, 0.29) is 5.69 Å². The first-order valence-corrected chi connectivity index (χ1v) is 13.5. The molecule has 12 heteroatoms. The molecule has 6 aromatic rings. The molecule has 0 N–H and O–H groups in total. The van der Waals surface area contributed by atoms with Crippen LogP contribution in [0.4, 0.5) is 5.69 Å². The quantitative estimate of drug-likeness (QED) is 0.0999. The lowest BCUT2D eigenvalue weighted by molar-refractivity contribution is -0.384. The SMILES string of the molecule is COc1cc2nc(SCc3ccc([N+](=O)[O-])cc3)n3nc(CCn4c(C)nc5ccccc54)nc3c2cc1OC. The van der Waals surface area contributed by atoms with Crippen LogP contribution in [0.25, 0.3) is 27.6 Å². The highest BCUT2D eigenvalue weighted by Gasteiger charge is 2.18. The highest BCUT2D eigenvalue weighted by atomic mass is 32.2. The van der Waals surface area contributed by atoms with Crippen molar-refractivity contribution in [2.75, 3.05) is 14.2 Å². The van der Waals surface area contributed by atoms with Gasteiger partial charge in [0.2, 0.25) is 0 Å². The number of imidazole rings is 1. The Kier molecular flexibility index (Phi) is 6.68. The van der Waals surface area contributed by atoms with Crippen LogP contribution in [0.5, 0.6) is 11.5 Å². The molecule has 0 aliphatic heterocycles. The number of fused-ring (bicyclic) bond motifs is 4. The Bertz CT molecular complexity index is 1880. The van der Waals surface area contributed by atoms with E-state index >= 15 is 0 Å². The molecule has 0 spiro atoms. The number of methoxy groups -OCH3 is 2. The Morgan fingerprint density at radius 3 is 2.45 bits per heavy atom. The van der Waals surface area contributed by atoms with Gasteiger partial charge >= 0.3 is 0 Å². The fraction of sp³-hybridized carbons (Fsp3) is 0.214. The largest absolute Gasteiger partial charge is 0.493 e. The molecular formula is C28H25N7O4S. The summed E-state index contributed by atoms with van der Waals surface area (Å²) in [6.07, 6.45) is 0.601. The fourth-order valence-electron chi connectivity index (χ4n) is 4.70. The van der Waals surface area contributed by atoms with E-state index in [0.717, 1.165) is 27.8 Å². The van der Waals surface area contributed by atoms with E-state index in [1.165, 1.54) is 23.9 Å². The molecule has 0 amide bonds. The van der Waals surface area contributed by atoms with Crippen LogP contribution in [-0.4, -0.2) is 48.3 Å². The Balaban J connectivity index is 1.38. The molecule has 11 nitrogen and oxygen atoms in total. The van der Waals surface area contributed by atoms with E-state index in [0.29, 0.717) is 52.4 Å². The van der Waals surface area contributed by atoms with Gasteiger partial charge in [-0.15, -0.1) is 5.10 Å². The number of aromatic nitrogens is 6. The first-order chi connectivity index (χ1) is 19.4. The minimum absolute atomic E-state index is 0.0582. The summed E-state index contributed by atoms with van der Waals surface area (Å²) in [6.45, 7) is 2.68. The van der Waals surface area contributed by atoms with Crippen molar-refractivity contribution >= 4 is 45.0 Å². The molecule has 0 saturated heterocycles. The van der Waals surface area contributed by atoms with Crippen LogP contribution < -0.4 is 9.47 Å². The molecule has 0 atom stereocenters. The number of non-ortho nitro benzene ring substituents is 1. The van der Waals surface area contributed by atoms with Crippen molar-refractivity contribution in [2.45, 2.75) is 30.8 Å². The van der Waals surface area contributed by atoms with E-state index in [1.807, 2.05) is 37.3 Å². The maximum Gasteiger partial charge on any atom is 0.269 e. The first-order valence-electron chi connectivity index (χ1n) is 12.5. The Labute approximate surface area is 232 Å². The lowest BCUT2D eigenvalue weighted by Crippen LogP contribution is -2.05. The number of aryl methyl sites for hydroxylation is 3. The van der Waals surface area contributed by atoms with E-state index in [9.17, 15) is 10.1 Å². The molecule has 40 heavy (non-hydrogen) atoms. The van der Waals surface area contributed by atoms with Gasteiger partial charge in [0.05, 0.1) is 35.7 Å². The van der Waals surface area contributed by atoms with Gasteiger partial charge in [-0.2, -0.15) is 4.52 Å². The monoisotopic (exact) mass is 555 g/mol. The molecule has 0 bridgehead atoms. The van der Waals surface area contributed by atoms with E-state index in [4.69, 9.17) is 24.5 Å². The zero-order valence-corrected chi connectivity index (χ0v) is 22.9. The van der Waals surface area contributed by atoms with Gasteiger partial charge in [0, 0.05) is 42.3 Å². The lowest BCUT2D eigenvalue weighted by Gasteiger charge is -2.11. The van der Waals surface area contributed by atoms with E-state index in [1.54, 1.807) is 30.9 Å². The van der Waals surface area contributed by atoms with Crippen LogP contribution in [0, 0.1) is 17.0 Å². The average Bonchev–Trinajstić information content (AvgIpc) is 3.54. The summed E-state index contributed by atoms with van der Waals surface area (Å²) >= 11 is 1.48. The van der Waals surface area contributed by atoms with Crippen LogP contribution >= 0.6 is 11.8 Å². The topological polar surface area (TPSA) is 123 Å². The Morgan fingerprint density at radius 2 is 1.70 bits per heavy atom. The molecular weight excluding hydrogens is 530 g/mol. The zero-order chi connectivity index (χ0) is 27.8. The first kappa shape index (κ1) is 25.6. The number of nitro benzene ring substituents is 1. The fourth-order valence-corrected chi connectivity index (χ4v) is 5.60. The molecule has 0 saturated carbocycles. The maximum atomic E-state index is 11.0. The van der Waals surface area contributed by atoms with Crippen molar-refractivity contribution in [3.63, 3.8) is 0 Å². The molecule has 202 valence electrons. The minimum Gasteiger partial charge on any atom is -0.493 e. The van der Waals surface area contributed by atoms with Gasteiger partial charge in [0.25, 0.3) is 5.69 Å². The number of ether oxygens (including phenoxy) is 2. The summed E-state index contributed by atoms with van der Waals surface area (Å²) in [5, 5.41) is 17.3. The second-order valence-electron chi connectivity index (χ2n) is 9.14. The van der Waals surface area contributed by atoms with Gasteiger partial charge in [-0.05, 0) is 30.7 Å².